The van der Waals surface area contributed by atoms with Crippen LogP contribution in [0.25, 0.3) is 87.6 Å². The smallest absolute Gasteiger partial charge is 0.0159 e. The summed E-state index contributed by atoms with van der Waals surface area (Å²) in [5.74, 6) is 0. The van der Waals surface area contributed by atoms with Crippen molar-refractivity contribution >= 4 is 43.1 Å². The van der Waals surface area contributed by atoms with Gasteiger partial charge in [-0.3, -0.25) is 0 Å². The summed E-state index contributed by atoms with van der Waals surface area (Å²) < 4.78 is 0. The molecule has 0 amide bonds. The molecule has 242 valence electrons. The Morgan fingerprint density at radius 1 is 0.333 bits per heavy atom. The average molecular weight is 651 g/mol. The van der Waals surface area contributed by atoms with Crippen molar-refractivity contribution in [1.82, 2.24) is 0 Å². The van der Waals surface area contributed by atoms with E-state index in [2.05, 4.69) is 185 Å². The van der Waals surface area contributed by atoms with E-state index in [-0.39, 0.29) is 5.41 Å². The van der Waals surface area contributed by atoms with Crippen molar-refractivity contribution < 1.29 is 0 Å². The minimum atomic E-state index is -0.119. The Bertz CT molecular complexity index is 2880. The van der Waals surface area contributed by atoms with Crippen molar-refractivity contribution in [3.63, 3.8) is 0 Å². The normalized spacial score (nSPS) is 13.3. The summed E-state index contributed by atoms with van der Waals surface area (Å²) in [6, 6.07) is 59.4. The lowest BCUT2D eigenvalue weighted by atomic mass is 9.78. The van der Waals surface area contributed by atoms with E-state index in [4.69, 9.17) is 0 Å². The molecule has 0 heterocycles. The molecule has 1 aliphatic carbocycles. The third-order valence-electron chi connectivity index (χ3n) is 11.5. The first-order chi connectivity index (χ1) is 24.9. The molecule has 0 radical (unpaired) electrons. The Kier molecular flexibility index (Phi) is 6.45. The van der Waals surface area contributed by atoms with Gasteiger partial charge in [0.1, 0.15) is 0 Å². The van der Waals surface area contributed by atoms with Gasteiger partial charge in [-0.2, -0.15) is 0 Å². The number of aryl methyl sites for hydroxylation is 2. The molecule has 0 aliphatic heterocycles. The highest BCUT2D eigenvalue weighted by atomic mass is 14.4. The second-order valence-corrected chi connectivity index (χ2v) is 15.1. The Labute approximate surface area is 299 Å². The van der Waals surface area contributed by atoms with Gasteiger partial charge in [0.05, 0.1) is 0 Å². The van der Waals surface area contributed by atoms with Crippen LogP contribution >= 0.6 is 0 Å². The van der Waals surface area contributed by atoms with Crippen LogP contribution in [0.15, 0.2) is 158 Å². The minimum absolute atomic E-state index is 0.119. The molecule has 0 unspecified atom stereocenters. The molecule has 0 saturated carbocycles. The summed E-state index contributed by atoms with van der Waals surface area (Å²) in [6.45, 7) is 9.22. The monoisotopic (exact) mass is 650 g/mol. The highest BCUT2D eigenvalue weighted by molar-refractivity contribution is 6.25. The molecule has 0 saturated heterocycles. The lowest BCUT2D eigenvalue weighted by Gasteiger charge is -2.24. The lowest BCUT2D eigenvalue weighted by Crippen LogP contribution is -2.15. The Morgan fingerprint density at radius 3 is 1.67 bits per heavy atom. The molecule has 0 heteroatoms. The van der Waals surface area contributed by atoms with Gasteiger partial charge in [-0.1, -0.05) is 165 Å². The summed E-state index contributed by atoms with van der Waals surface area (Å²) in [4.78, 5) is 0. The van der Waals surface area contributed by atoms with Gasteiger partial charge in [0.2, 0.25) is 0 Å². The van der Waals surface area contributed by atoms with Crippen LogP contribution in [0.2, 0.25) is 0 Å². The molecule has 0 aromatic heterocycles. The van der Waals surface area contributed by atoms with Crippen LogP contribution in [0, 0.1) is 13.8 Å². The van der Waals surface area contributed by atoms with Gasteiger partial charge < -0.3 is 0 Å². The molecule has 0 fully saturated rings. The molecule has 9 aromatic rings. The molecule has 1 aliphatic rings. The van der Waals surface area contributed by atoms with Crippen molar-refractivity contribution in [2.45, 2.75) is 33.1 Å². The van der Waals surface area contributed by atoms with E-state index in [0.717, 1.165) is 0 Å². The molecule has 0 nitrogen and oxygen atoms in total. The fourth-order valence-corrected chi connectivity index (χ4v) is 9.20. The summed E-state index contributed by atoms with van der Waals surface area (Å²) in [5.41, 5.74) is 15.6. The van der Waals surface area contributed by atoms with Crippen molar-refractivity contribution in [1.29, 1.82) is 0 Å². The summed E-state index contributed by atoms with van der Waals surface area (Å²) in [5, 5.41) is 10.3. The maximum atomic E-state index is 2.54. The van der Waals surface area contributed by atoms with Crippen molar-refractivity contribution in [2.24, 2.45) is 0 Å². The van der Waals surface area contributed by atoms with E-state index in [1.807, 2.05) is 0 Å². The number of hydrogen-bond donors (Lipinski definition) is 0. The molecule has 0 atom stereocenters. The first-order valence-corrected chi connectivity index (χ1v) is 18.1. The fourth-order valence-electron chi connectivity index (χ4n) is 9.20. The molecule has 10 rings (SSSR count). The fraction of sp³-hybridized carbons (Fsp3) is 0.0980. The third-order valence-corrected chi connectivity index (χ3v) is 11.5. The van der Waals surface area contributed by atoms with Crippen molar-refractivity contribution in [3.8, 4) is 44.5 Å². The second kappa shape index (κ2) is 11.0. The zero-order valence-electron chi connectivity index (χ0n) is 29.5. The topological polar surface area (TPSA) is 0 Å². The van der Waals surface area contributed by atoms with Gasteiger partial charge in [-0.25, -0.2) is 0 Å². The van der Waals surface area contributed by atoms with E-state index in [1.54, 1.807) is 0 Å². The predicted molar refractivity (Wildman–Crippen MR) is 220 cm³/mol. The SMILES string of the molecule is Cc1cc(C)cc(-c2c3ccccc3c(-c3cc4c(c5ccccc35)-c3ccccc3C4(C)C)c3cc(-c4ccc5ccccc5c4)ccc23)c1. The zero-order valence-corrected chi connectivity index (χ0v) is 29.5. The van der Waals surface area contributed by atoms with E-state index >= 15 is 0 Å². The van der Waals surface area contributed by atoms with Gasteiger partial charge in [-0.05, 0) is 131 Å². The second-order valence-electron chi connectivity index (χ2n) is 15.1. The average Bonchev–Trinajstić information content (AvgIpc) is 3.38. The quantitative estimate of drug-likeness (QED) is 0.167. The maximum Gasteiger partial charge on any atom is 0.0159 e. The van der Waals surface area contributed by atoms with E-state index in [0.29, 0.717) is 0 Å². The molecular weight excluding hydrogens is 613 g/mol. The van der Waals surface area contributed by atoms with Crippen molar-refractivity contribution in [3.05, 3.63) is 180 Å². The van der Waals surface area contributed by atoms with Crippen molar-refractivity contribution in [2.75, 3.05) is 0 Å². The molecule has 0 spiro atoms. The first kappa shape index (κ1) is 29.9. The summed E-state index contributed by atoms with van der Waals surface area (Å²) in [7, 11) is 0. The maximum absolute atomic E-state index is 2.54. The van der Waals surface area contributed by atoms with Crippen LogP contribution in [0.4, 0.5) is 0 Å². The molecule has 0 bridgehead atoms. The summed E-state index contributed by atoms with van der Waals surface area (Å²) in [6.07, 6.45) is 0. The van der Waals surface area contributed by atoms with E-state index in [9.17, 15) is 0 Å². The standard InChI is InChI=1S/C51H38/c1-31-25-32(2)27-37(26-31)48-40-17-9-10-18-41(40)49(44-29-36(23-24-42(44)48)35-22-21-33-13-5-6-14-34(33)28-35)45-30-47-50(39-16-8-7-15-38(39)45)43-19-11-12-20-46(43)51(47,3)4/h5-30H,1-4H3. The van der Waals surface area contributed by atoms with Crippen LogP contribution in [0.5, 0.6) is 0 Å². The van der Waals surface area contributed by atoms with Crippen LogP contribution in [0.1, 0.15) is 36.1 Å². The number of rotatable bonds is 3. The van der Waals surface area contributed by atoms with Gasteiger partial charge in [0.25, 0.3) is 0 Å². The minimum Gasteiger partial charge on any atom is -0.0619 e. The molecule has 9 aromatic carbocycles. The van der Waals surface area contributed by atoms with Crippen LogP contribution in [-0.4, -0.2) is 0 Å². The lowest BCUT2D eigenvalue weighted by molar-refractivity contribution is 0.661. The van der Waals surface area contributed by atoms with Crippen LogP contribution in [0.3, 0.4) is 0 Å². The predicted octanol–water partition coefficient (Wildman–Crippen LogP) is 14.2. The highest BCUT2D eigenvalue weighted by Crippen LogP contribution is 2.55. The third kappa shape index (κ3) is 4.46. The van der Waals surface area contributed by atoms with Gasteiger partial charge in [0.15, 0.2) is 0 Å². The molecule has 51 heavy (non-hydrogen) atoms. The zero-order chi connectivity index (χ0) is 34.4. The van der Waals surface area contributed by atoms with E-state index in [1.165, 1.54) is 110 Å². The van der Waals surface area contributed by atoms with Crippen LogP contribution in [-0.2, 0) is 5.41 Å². The largest absolute Gasteiger partial charge is 0.0619 e. The molecule has 0 N–H and O–H groups in total. The first-order valence-electron chi connectivity index (χ1n) is 18.1. The number of hydrogen-bond acceptors (Lipinski definition) is 0. The molecular formula is C51H38. The highest BCUT2D eigenvalue weighted by Gasteiger charge is 2.37. The van der Waals surface area contributed by atoms with Crippen LogP contribution < -0.4 is 0 Å². The Balaban J connectivity index is 1.37. The Morgan fingerprint density at radius 2 is 0.902 bits per heavy atom. The number of fused-ring (bicyclic) bond motifs is 8. The van der Waals surface area contributed by atoms with Gasteiger partial charge >= 0.3 is 0 Å². The van der Waals surface area contributed by atoms with Gasteiger partial charge in [0, 0.05) is 5.41 Å². The summed E-state index contributed by atoms with van der Waals surface area (Å²) >= 11 is 0. The Hall–Kier alpha value is -5.98. The van der Waals surface area contributed by atoms with E-state index < -0.39 is 0 Å². The number of benzene rings is 9. The van der Waals surface area contributed by atoms with Gasteiger partial charge in [-0.15, -0.1) is 0 Å².